The van der Waals surface area contributed by atoms with Gasteiger partial charge in [-0.2, -0.15) is 0 Å². The van der Waals surface area contributed by atoms with Crippen LogP contribution in [0.1, 0.15) is 74.6 Å². The van der Waals surface area contributed by atoms with E-state index in [0.717, 1.165) is 28.8 Å². The van der Waals surface area contributed by atoms with Crippen LogP contribution in [0, 0.1) is 5.41 Å². The molecule has 0 saturated heterocycles. The molecule has 1 aliphatic rings. The summed E-state index contributed by atoms with van der Waals surface area (Å²) in [7, 11) is 0. The Morgan fingerprint density at radius 2 is 1.79 bits per heavy atom. The first kappa shape index (κ1) is 23.0. The Hall–Kier alpha value is -3.14. The fourth-order valence-electron chi connectivity index (χ4n) is 4.64. The van der Waals surface area contributed by atoms with E-state index in [9.17, 15) is 4.79 Å². The molecule has 0 fully saturated rings. The van der Waals surface area contributed by atoms with Crippen LogP contribution in [0.25, 0.3) is 11.1 Å². The van der Waals surface area contributed by atoms with Crippen LogP contribution in [0.2, 0.25) is 0 Å². The van der Waals surface area contributed by atoms with Gasteiger partial charge in [0.15, 0.2) is 0 Å². The summed E-state index contributed by atoms with van der Waals surface area (Å²) in [6.45, 7) is 13.4. The first-order chi connectivity index (χ1) is 15.6. The average Bonchev–Trinajstić information content (AvgIpc) is 2.77. The molecular weight excluding hydrogens is 408 g/mol. The zero-order valence-electron chi connectivity index (χ0n) is 20.5. The molecule has 1 aromatic heterocycles. The Morgan fingerprint density at radius 3 is 2.45 bits per heavy atom. The van der Waals surface area contributed by atoms with E-state index in [0.29, 0.717) is 12.2 Å². The number of nitrogens with one attached hydrogen (secondary N) is 1. The largest absolute Gasteiger partial charge is 0.462 e. The molecular formula is C29H34N2O2. The Balaban J connectivity index is 1.63. The van der Waals surface area contributed by atoms with Crippen LogP contribution in [0.5, 0.6) is 0 Å². The van der Waals surface area contributed by atoms with Gasteiger partial charge < -0.3 is 10.1 Å². The number of carbonyl (C=O) groups excluding carboxylic acids is 1. The molecule has 4 nitrogen and oxygen atoms in total. The van der Waals surface area contributed by atoms with Gasteiger partial charge in [0.1, 0.15) is 0 Å². The molecule has 0 bridgehead atoms. The van der Waals surface area contributed by atoms with Crippen molar-refractivity contribution in [3.8, 4) is 11.1 Å². The first-order valence-corrected chi connectivity index (χ1v) is 11.7. The molecule has 4 heteroatoms. The van der Waals surface area contributed by atoms with E-state index >= 15 is 0 Å². The highest BCUT2D eigenvalue weighted by Crippen LogP contribution is 2.45. The second-order valence-corrected chi connectivity index (χ2v) is 10.7. The van der Waals surface area contributed by atoms with Gasteiger partial charge in [-0.15, -0.1) is 0 Å². The lowest BCUT2D eigenvalue weighted by Crippen LogP contribution is -2.35. The zero-order chi connectivity index (χ0) is 23.8. The van der Waals surface area contributed by atoms with Crippen molar-refractivity contribution in [2.24, 2.45) is 5.41 Å². The lowest BCUT2D eigenvalue weighted by molar-refractivity contribution is 0.0526. The number of hydrogen-bond donors (Lipinski definition) is 1. The molecule has 0 amide bonds. The van der Waals surface area contributed by atoms with Gasteiger partial charge in [-0.3, -0.25) is 4.98 Å². The molecule has 2 aromatic carbocycles. The number of aromatic nitrogens is 1. The Bertz CT molecular complexity index is 1160. The fourth-order valence-corrected chi connectivity index (χ4v) is 4.64. The van der Waals surface area contributed by atoms with Crippen molar-refractivity contribution in [1.29, 1.82) is 0 Å². The number of pyridine rings is 1. The van der Waals surface area contributed by atoms with Crippen molar-refractivity contribution in [2.75, 3.05) is 11.9 Å². The topological polar surface area (TPSA) is 51.2 Å². The van der Waals surface area contributed by atoms with E-state index in [1.807, 2.05) is 37.5 Å². The summed E-state index contributed by atoms with van der Waals surface area (Å²) in [5.41, 5.74) is 7.66. The van der Waals surface area contributed by atoms with Gasteiger partial charge in [0.2, 0.25) is 0 Å². The van der Waals surface area contributed by atoms with Crippen molar-refractivity contribution in [1.82, 2.24) is 4.98 Å². The normalized spacial score (nSPS) is 17.1. The number of benzene rings is 2. The molecule has 33 heavy (non-hydrogen) atoms. The van der Waals surface area contributed by atoms with E-state index in [-0.39, 0.29) is 22.8 Å². The van der Waals surface area contributed by atoms with E-state index in [1.54, 1.807) is 0 Å². The molecule has 0 spiro atoms. The maximum Gasteiger partial charge on any atom is 0.338 e. The second kappa shape index (κ2) is 8.66. The van der Waals surface area contributed by atoms with E-state index < -0.39 is 0 Å². The molecule has 4 rings (SSSR count). The number of esters is 1. The smallest absolute Gasteiger partial charge is 0.338 e. The Morgan fingerprint density at radius 1 is 1.06 bits per heavy atom. The average molecular weight is 443 g/mol. The number of anilines is 1. The van der Waals surface area contributed by atoms with Crippen molar-refractivity contribution in [2.45, 2.75) is 59.4 Å². The van der Waals surface area contributed by atoms with Gasteiger partial charge in [0.25, 0.3) is 0 Å². The predicted octanol–water partition coefficient (Wildman–Crippen LogP) is 6.96. The minimum Gasteiger partial charge on any atom is -0.462 e. The maximum atomic E-state index is 12.2. The summed E-state index contributed by atoms with van der Waals surface area (Å²) in [5, 5.41) is 3.72. The summed E-state index contributed by atoms with van der Waals surface area (Å²) in [6.07, 6.45) is 4.76. The van der Waals surface area contributed by atoms with Crippen LogP contribution >= 0.6 is 0 Å². The van der Waals surface area contributed by atoms with Gasteiger partial charge in [-0.25, -0.2) is 4.79 Å². The van der Waals surface area contributed by atoms with Crippen LogP contribution in [-0.2, 0) is 16.6 Å². The molecule has 1 N–H and O–H groups in total. The third-order valence-electron chi connectivity index (χ3n) is 6.52. The Kier molecular flexibility index (Phi) is 6.04. The SMILES string of the molecule is CCOC(=O)c1ccc2c(c1)CC(C)(C)C(c1cncc(-c3ccc(C(C)(C)C)cc3)c1)N2. The highest BCUT2D eigenvalue weighted by Gasteiger charge is 2.36. The molecule has 0 saturated carbocycles. The molecule has 172 valence electrons. The number of ether oxygens (including phenoxy) is 1. The van der Waals surface area contributed by atoms with Gasteiger partial charge in [-0.05, 0) is 70.7 Å². The van der Waals surface area contributed by atoms with E-state index in [4.69, 9.17) is 4.74 Å². The third kappa shape index (κ3) is 4.80. The molecule has 1 atom stereocenters. The summed E-state index contributed by atoms with van der Waals surface area (Å²) in [6, 6.07) is 16.9. The van der Waals surface area contributed by atoms with Crippen molar-refractivity contribution >= 4 is 11.7 Å². The predicted molar refractivity (Wildman–Crippen MR) is 135 cm³/mol. The fraction of sp³-hybridized carbons (Fsp3) is 0.379. The van der Waals surface area contributed by atoms with E-state index in [1.165, 1.54) is 11.1 Å². The minimum absolute atomic E-state index is 0.0588. The minimum atomic E-state index is -0.269. The highest BCUT2D eigenvalue weighted by molar-refractivity contribution is 5.90. The number of hydrogen-bond acceptors (Lipinski definition) is 4. The summed E-state index contributed by atoms with van der Waals surface area (Å²) in [4.78, 5) is 16.8. The highest BCUT2D eigenvalue weighted by atomic mass is 16.5. The molecule has 1 unspecified atom stereocenters. The van der Waals surface area contributed by atoms with E-state index in [2.05, 4.69) is 75.3 Å². The summed E-state index contributed by atoms with van der Waals surface area (Å²) in [5.74, 6) is -0.269. The van der Waals surface area contributed by atoms with Crippen LogP contribution < -0.4 is 5.32 Å². The zero-order valence-corrected chi connectivity index (χ0v) is 20.5. The second-order valence-electron chi connectivity index (χ2n) is 10.7. The summed E-state index contributed by atoms with van der Waals surface area (Å²) < 4.78 is 5.17. The number of nitrogens with zero attached hydrogens (tertiary/aromatic N) is 1. The van der Waals surface area contributed by atoms with Crippen LogP contribution in [0.15, 0.2) is 60.9 Å². The Labute approximate surface area is 197 Å². The summed E-state index contributed by atoms with van der Waals surface area (Å²) >= 11 is 0. The number of carbonyl (C=O) groups is 1. The van der Waals surface area contributed by atoms with Gasteiger partial charge in [0.05, 0.1) is 18.2 Å². The maximum absolute atomic E-state index is 12.2. The number of fused-ring (bicyclic) bond motifs is 1. The third-order valence-corrected chi connectivity index (χ3v) is 6.52. The lowest BCUT2D eigenvalue weighted by Gasteiger charge is -2.41. The van der Waals surface area contributed by atoms with Gasteiger partial charge >= 0.3 is 5.97 Å². The van der Waals surface area contributed by atoms with Crippen LogP contribution in [0.3, 0.4) is 0 Å². The standard InChI is InChI=1S/C29H34N2O2/c1-7-33-27(32)20-10-13-25-21(14-20)16-29(5,6)26(31-25)23-15-22(17-30-18-23)19-8-11-24(12-9-19)28(2,3)4/h8-15,17-18,26,31H,7,16H2,1-6H3. The monoisotopic (exact) mass is 442 g/mol. The quantitative estimate of drug-likeness (QED) is 0.444. The van der Waals surface area contributed by atoms with Gasteiger partial charge in [-0.1, -0.05) is 58.9 Å². The molecule has 0 radical (unpaired) electrons. The van der Waals surface area contributed by atoms with Crippen LogP contribution in [0.4, 0.5) is 5.69 Å². The first-order valence-electron chi connectivity index (χ1n) is 11.7. The molecule has 0 aliphatic carbocycles. The molecule has 1 aliphatic heterocycles. The van der Waals surface area contributed by atoms with Crippen molar-refractivity contribution in [3.05, 3.63) is 83.2 Å². The lowest BCUT2D eigenvalue weighted by atomic mass is 9.73. The van der Waals surface area contributed by atoms with Gasteiger partial charge in [0, 0.05) is 23.6 Å². The van der Waals surface area contributed by atoms with Crippen LogP contribution in [-0.4, -0.2) is 17.6 Å². The molecule has 2 heterocycles. The van der Waals surface area contributed by atoms with Crippen molar-refractivity contribution in [3.63, 3.8) is 0 Å². The molecule has 3 aromatic rings. The number of rotatable bonds is 4. The van der Waals surface area contributed by atoms with Crippen molar-refractivity contribution < 1.29 is 9.53 Å².